The van der Waals surface area contributed by atoms with Crippen molar-refractivity contribution >= 4 is 0 Å². The topological polar surface area (TPSA) is 52.0 Å². The minimum Gasteiger partial charge on any atom is -0.299 e. The summed E-state index contributed by atoms with van der Waals surface area (Å²) in [5.41, 5.74) is 9.66. The molecule has 16 heavy (non-hydrogen) atoms. The molecule has 2 rings (SSSR count). The van der Waals surface area contributed by atoms with Crippen molar-refractivity contribution in [3.8, 4) is 0 Å². The smallest absolute Gasteiger partial charge is 0.0628 e. The van der Waals surface area contributed by atoms with Gasteiger partial charge in [-0.25, -0.2) is 0 Å². The Balaban J connectivity index is 1.82. The van der Waals surface area contributed by atoms with Crippen LogP contribution in [0.1, 0.15) is 12.5 Å². The Hall–Kier alpha value is -1.51. The highest BCUT2D eigenvalue weighted by atomic mass is 15.3. The van der Waals surface area contributed by atoms with Crippen LogP contribution in [0, 0.1) is 0 Å². The summed E-state index contributed by atoms with van der Waals surface area (Å²) in [5, 5.41) is 3.71. The van der Waals surface area contributed by atoms with E-state index < -0.39 is 0 Å². The molecule has 0 spiro atoms. The van der Waals surface area contributed by atoms with E-state index in [9.17, 15) is 0 Å². The monoisotopic (exact) mass is 216 g/mol. The largest absolute Gasteiger partial charge is 0.299 e. The second-order valence-corrected chi connectivity index (χ2v) is 4.35. The van der Waals surface area contributed by atoms with Crippen LogP contribution in [0.5, 0.6) is 0 Å². The lowest BCUT2D eigenvalue weighted by molar-refractivity contribution is 0.103. The van der Waals surface area contributed by atoms with Crippen LogP contribution in [0.4, 0.5) is 0 Å². The molecule has 0 aliphatic carbocycles. The molecule has 1 aromatic carbocycles. The van der Waals surface area contributed by atoms with Gasteiger partial charge in [-0.2, -0.15) is 0 Å². The number of hydrogen-bond donors (Lipinski definition) is 0. The van der Waals surface area contributed by atoms with Gasteiger partial charge in [-0.1, -0.05) is 35.4 Å². The third kappa shape index (κ3) is 2.54. The maximum absolute atomic E-state index is 8.30. The fourth-order valence-electron chi connectivity index (χ4n) is 2.08. The second kappa shape index (κ2) is 5.01. The van der Waals surface area contributed by atoms with Crippen LogP contribution in [-0.2, 0) is 6.42 Å². The van der Waals surface area contributed by atoms with Gasteiger partial charge in [0, 0.05) is 24.0 Å². The average molecular weight is 216 g/mol. The highest BCUT2D eigenvalue weighted by Gasteiger charge is 2.29. The van der Waals surface area contributed by atoms with Gasteiger partial charge >= 0.3 is 0 Å². The van der Waals surface area contributed by atoms with Crippen LogP contribution in [0.25, 0.3) is 10.4 Å². The minimum atomic E-state index is 0.184. The predicted molar refractivity (Wildman–Crippen MR) is 64.1 cm³/mol. The Labute approximate surface area is 95.5 Å². The lowest BCUT2D eigenvalue weighted by Crippen LogP contribution is -2.54. The first kappa shape index (κ1) is 11.0. The fraction of sp³-hybridized carbons (Fsp3) is 0.500. The van der Waals surface area contributed by atoms with E-state index in [0.717, 1.165) is 19.5 Å². The molecule has 0 saturated carbocycles. The van der Waals surface area contributed by atoms with Crippen molar-refractivity contribution in [1.82, 2.24) is 4.90 Å². The zero-order chi connectivity index (χ0) is 11.4. The lowest BCUT2D eigenvalue weighted by atomic mass is 10.0. The van der Waals surface area contributed by atoms with Crippen LogP contribution >= 0.6 is 0 Å². The van der Waals surface area contributed by atoms with Crippen molar-refractivity contribution in [3.05, 3.63) is 46.3 Å². The maximum Gasteiger partial charge on any atom is 0.0628 e. The van der Waals surface area contributed by atoms with Gasteiger partial charge in [-0.15, -0.1) is 0 Å². The summed E-state index contributed by atoms with van der Waals surface area (Å²) in [5.74, 6) is 0. The molecular formula is C12H16N4. The van der Waals surface area contributed by atoms with Crippen LogP contribution in [0.2, 0.25) is 0 Å². The maximum atomic E-state index is 8.30. The molecule has 84 valence electrons. The van der Waals surface area contributed by atoms with Gasteiger partial charge in [0.2, 0.25) is 0 Å². The van der Waals surface area contributed by atoms with Gasteiger partial charge in [-0.3, -0.25) is 4.90 Å². The summed E-state index contributed by atoms with van der Waals surface area (Å²) in [4.78, 5) is 5.19. The van der Waals surface area contributed by atoms with Crippen molar-refractivity contribution in [1.29, 1.82) is 0 Å². The first-order valence-corrected chi connectivity index (χ1v) is 5.62. The van der Waals surface area contributed by atoms with Gasteiger partial charge in [0.1, 0.15) is 0 Å². The molecule has 0 radical (unpaired) electrons. The number of azide groups is 1. The van der Waals surface area contributed by atoms with Crippen molar-refractivity contribution in [2.24, 2.45) is 5.11 Å². The normalized spacial score (nSPS) is 18.6. The molecule has 1 fully saturated rings. The van der Waals surface area contributed by atoms with Crippen molar-refractivity contribution in [2.45, 2.75) is 25.4 Å². The fourth-order valence-corrected chi connectivity index (χ4v) is 2.08. The van der Waals surface area contributed by atoms with E-state index in [4.69, 9.17) is 5.53 Å². The Morgan fingerprint density at radius 3 is 2.75 bits per heavy atom. The molecule has 0 bridgehead atoms. The predicted octanol–water partition coefficient (Wildman–Crippen LogP) is 2.61. The Morgan fingerprint density at radius 1 is 1.44 bits per heavy atom. The molecule has 1 atom stereocenters. The third-order valence-corrected chi connectivity index (χ3v) is 3.10. The van der Waals surface area contributed by atoms with Gasteiger partial charge in [0.25, 0.3) is 0 Å². The molecule has 0 N–H and O–H groups in total. The van der Waals surface area contributed by atoms with E-state index in [0.29, 0.717) is 6.04 Å². The SMILES string of the molecule is CC(Cc1ccccc1)N1CC(N=[N+]=[N-])C1. The molecule has 1 aromatic rings. The molecule has 0 aromatic heterocycles. The van der Waals surface area contributed by atoms with Gasteiger partial charge in [-0.05, 0) is 24.4 Å². The molecule has 4 nitrogen and oxygen atoms in total. The summed E-state index contributed by atoms with van der Waals surface area (Å²) < 4.78 is 0. The molecular weight excluding hydrogens is 200 g/mol. The van der Waals surface area contributed by atoms with Crippen molar-refractivity contribution in [3.63, 3.8) is 0 Å². The van der Waals surface area contributed by atoms with E-state index in [1.54, 1.807) is 0 Å². The Morgan fingerprint density at radius 2 is 2.12 bits per heavy atom. The summed E-state index contributed by atoms with van der Waals surface area (Å²) in [6.07, 6.45) is 1.06. The lowest BCUT2D eigenvalue weighted by Gasteiger charge is -2.41. The molecule has 1 heterocycles. The molecule has 1 aliphatic rings. The number of benzene rings is 1. The quantitative estimate of drug-likeness (QED) is 0.433. The zero-order valence-electron chi connectivity index (χ0n) is 9.45. The minimum absolute atomic E-state index is 0.184. The van der Waals surface area contributed by atoms with Crippen LogP contribution in [0.15, 0.2) is 35.4 Å². The van der Waals surface area contributed by atoms with E-state index in [1.165, 1.54) is 5.56 Å². The van der Waals surface area contributed by atoms with Crippen LogP contribution in [-0.4, -0.2) is 30.1 Å². The number of rotatable bonds is 4. The summed E-state index contributed by atoms with van der Waals surface area (Å²) in [6.45, 7) is 4.02. The summed E-state index contributed by atoms with van der Waals surface area (Å²) in [6, 6.07) is 11.2. The van der Waals surface area contributed by atoms with Crippen LogP contribution in [0.3, 0.4) is 0 Å². The molecule has 0 amide bonds. The standard InChI is InChI=1S/C12H16N4/c1-10(7-11-5-3-2-4-6-11)16-8-12(9-16)14-15-13/h2-6,10,12H,7-9H2,1H3. The van der Waals surface area contributed by atoms with E-state index in [2.05, 4.69) is 46.1 Å². The van der Waals surface area contributed by atoms with Crippen molar-refractivity contribution < 1.29 is 0 Å². The highest BCUT2D eigenvalue weighted by molar-refractivity contribution is 5.16. The van der Waals surface area contributed by atoms with Crippen molar-refractivity contribution in [2.75, 3.05) is 13.1 Å². The summed E-state index contributed by atoms with van der Waals surface area (Å²) >= 11 is 0. The molecule has 1 unspecified atom stereocenters. The first-order chi connectivity index (χ1) is 7.79. The highest BCUT2D eigenvalue weighted by Crippen LogP contribution is 2.18. The van der Waals surface area contributed by atoms with Crippen LogP contribution < -0.4 is 0 Å². The second-order valence-electron chi connectivity index (χ2n) is 4.35. The number of hydrogen-bond acceptors (Lipinski definition) is 2. The van der Waals surface area contributed by atoms with Gasteiger partial charge < -0.3 is 0 Å². The summed E-state index contributed by atoms with van der Waals surface area (Å²) in [7, 11) is 0. The molecule has 1 saturated heterocycles. The van der Waals surface area contributed by atoms with Gasteiger partial charge in [0.15, 0.2) is 0 Å². The van der Waals surface area contributed by atoms with E-state index >= 15 is 0 Å². The average Bonchev–Trinajstić information content (AvgIpc) is 2.24. The molecule has 4 heteroatoms. The van der Waals surface area contributed by atoms with Gasteiger partial charge in [0.05, 0.1) is 6.04 Å². The Kier molecular flexibility index (Phi) is 3.44. The van der Waals surface area contributed by atoms with E-state index in [-0.39, 0.29) is 6.04 Å². The third-order valence-electron chi connectivity index (χ3n) is 3.10. The zero-order valence-corrected chi connectivity index (χ0v) is 9.45. The number of likely N-dealkylation sites (tertiary alicyclic amines) is 1. The Bertz CT molecular complexity index is 377. The number of nitrogens with zero attached hydrogens (tertiary/aromatic N) is 4. The molecule has 1 aliphatic heterocycles. The first-order valence-electron chi connectivity index (χ1n) is 5.62. The van der Waals surface area contributed by atoms with E-state index in [1.807, 2.05) is 6.07 Å².